The number of methoxy groups -OCH3 is 2. The number of hydrogen-bond donors (Lipinski definition) is 1. The van der Waals surface area contributed by atoms with Gasteiger partial charge in [0.25, 0.3) is 0 Å². The summed E-state index contributed by atoms with van der Waals surface area (Å²) in [6.45, 7) is 6.21. The second-order valence-corrected chi connectivity index (χ2v) is 8.04. The number of ether oxygens (including phenoxy) is 2. The first-order chi connectivity index (χ1) is 13.4. The third-order valence-electron chi connectivity index (χ3n) is 5.72. The second-order valence-electron chi connectivity index (χ2n) is 8.04. The summed E-state index contributed by atoms with van der Waals surface area (Å²) in [5, 5.41) is 2.93. The first-order valence-electron chi connectivity index (χ1n) is 9.95. The van der Waals surface area contributed by atoms with Crippen molar-refractivity contribution in [2.24, 2.45) is 5.41 Å². The number of nitrogens with zero attached hydrogens (tertiary/aromatic N) is 2. The van der Waals surface area contributed by atoms with Crippen LogP contribution in [0.3, 0.4) is 0 Å². The molecule has 2 saturated heterocycles. The quantitative estimate of drug-likeness (QED) is 0.840. The maximum Gasteiger partial charge on any atom is 0.317 e. The number of urea groups is 1. The monoisotopic (exact) mass is 389 g/mol. The lowest BCUT2D eigenvalue weighted by molar-refractivity contribution is -0.146. The maximum atomic E-state index is 13.4. The Kier molecular flexibility index (Phi) is 6.01. The Bertz CT molecular complexity index is 736. The van der Waals surface area contributed by atoms with E-state index >= 15 is 0 Å². The number of likely N-dealkylation sites (tertiary alicyclic amines) is 2. The van der Waals surface area contributed by atoms with Crippen LogP contribution in [0.2, 0.25) is 0 Å². The Hall–Kier alpha value is -2.44. The van der Waals surface area contributed by atoms with E-state index in [1.807, 2.05) is 36.9 Å². The lowest BCUT2D eigenvalue weighted by Gasteiger charge is -2.39. The molecule has 2 heterocycles. The van der Waals surface area contributed by atoms with Gasteiger partial charge in [0.2, 0.25) is 5.91 Å². The number of benzene rings is 1. The van der Waals surface area contributed by atoms with Gasteiger partial charge >= 0.3 is 6.03 Å². The smallest absolute Gasteiger partial charge is 0.317 e. The van der Waals surface area contributed by atoms with Gasteiger partial charge in [0.15, 0.2) is 11.5 Å². The van der Waals surface area contributed by atoms with Crippen LogP contribution < -0.4 is 14.8 Å². The van der Waals surface area contributed by atoms with Crippen LogP contribution in [0.5, 0.6) is 11.5 Å². The molecular formula is C21H31N3O4. The molecule has 3 rings (SSSR count). The standard InChI is InChI=1S/C21H31N3O4/c1-15(2)22-20(26)24-12-10-21(14-24)9-6-11-23(19(21)25)13-16-7-5-8-17(27-3)18(16)28-4/h5,7-8,15H,6,9-14H2,1-4H3,(H,22,26)/t21-/m1/s1. The van der Waals surface area contributed by atoms with Crippen LogP contribution in [0.1, 0.15) is 38.7 Å². The largest absolute Gasteiger partial charge is 0.493 e. The van der Waals surface area contributed by atoms with Crippen LogP contribution in [0.4, 0.5) is 4.79 Å². The predicted octanol–water partition coefficient (Wildman–Crippen LogP) is 2.64. The van der Waals surface area contributed by atoms with Gasteiger partial charge in [0.1, 0.15) is 0 Å². The zero-order chi connectivity index (χ0) is 20.3. The fourth-order valence-corrected chi connectivity index (χ4v) is 4.35. The number of rotatable bonds is 5. The van der Waals surface area contributed by atoms with E-state index in [1.54, 1.807) is 19.1 Å². The van der Waals surface area contributed by atoms with Crippen molar-refractivity contribution in [3.63, 3.8) is 0 Å². The summed E-state index contributed by atoms with van der Waals surface area (Å²) >= 11 is 0. The van der Waals surface area contributed by atoms with Gasteiger partial charge in [-0.1, -0.05) is 12.1 Å². The first-order valence-corrected chi connectivity index (χ1v) is 9.95. The molecule has 2 aliphatic rings. The molecule has 0 aliphatic carbocycles. The molecule has 154 valence electrons. The Morgan fingerprint density at radius 3 is 2.68 bits per heavy atom. The molecule has 0 bridgehead atoms. The van der Waals surface area contributed by atoms with E-state index in [-0.39, 0.29) is 18.0 Å². The Balaban J connectivity index is 1.74. The van der Waals surface area contributed by atoms with E-state index in [2.05, 4.69) is 5.32 Å². The van der Waals surface area contributed by atoms with Crippen LogP contribution >= 0.6 is 0 Å². The van der Waals surface area contributed by atoms with E-state index in [0.29, 0.717) is 31.1 Å². The van der Waals surface area contributed by atoms with Crippen molar-refractivity contribution in [1.29, 1.82) is 0 Å². The highest BCUT2D eigenvalue weighted by Gasteiger charge is 2.49. The van der Waals surface area contributed by atoms with Crippen molar-refractivity contribution in [3.8, 4) is 11.5 Å². The van der Waals surface area contributed by atoms with Gasteiger partial charge in [-0.15, -0.1) is 0 Å². The van der Waals surface area contributed by atoms with Gasteiger partial charge in [-0.2, -0.15) is 0 Å². The molecule has 2 aliphatic heterocycles. The number of hydrogen-bond acceptors (Lipinski definition) is 4. The van der Waals surface area contributed by atoms with E-state index in [1.165, 1.54) is 0 Å². The van der Waals surface area contributed by atoms with Gasteiger partial charge in [-0.05, 0) is 39.2 Å². The Morgan fingerprint density at radius 2 is 2.00 bits per heavy atom. The normalized spacial score (nSPS) is 22.1. The molecular weight excluding hydrogens is 358 g/mol. The van der Waals surface area contributed by atoms with Gasteiger partial charge in [-0.3, -0.25) is 4.79 Å². The molecule has 3 amide bonds. The third-order valence-corrected chi connectivity index (χ3v) is 5.72. The zero-order valence-corrected chi connectivity index (χ0v) is 17.3. The minimum absolute atomic E-state index is 0.0775. The molecule has 0 aromatic heterocycles. The molecule has 1 aromatic rings. The fourth-order valence-electron chi connectivity index (χ4n) is 4.35. The lowest BCUT2D eigenvalue weighted by atomic mass is 9.78. The Morgan fingerprint density at radius 1 is 1.21 bits per heavy atom. The van der Waals surface area contributed by atoms with Crippen molar-refractivity contribution in [2.75, 3.05) is 33.9 Å². The molecule has 1 atom stereocenters. The summed E-state index contributed by atoms with van der Waals surface area (Å²) in [5.41, 5.74) is 0.471. The van der Waals surface area contributed by atoms with Crippen molar-refractivity contribution in [2.45, 2.75) is 45.7 Å². The highest BCUT2D eigenvalue weighted by molar-refractivity contribution is 5.86. The average Bonchev–Trinajstić information content (AvgIpc) is 3.10. The minimum atomic E-state index is -0.460. The van der Waals surface area contributed by atoms with Gasteiger partial charge in [0.05, 0.1) is 19.6 Å². The molecule has 0 radical (unpaired) electrons. The van der Waals surface area contributed by atoms with Crippen molar-refractivity contribution >= 4 is 11.9 Å². The molecule has 0 unspecified atom stereocenters. The third kappa shape index (κ3) is 3.88. The number of nitrogens with one attached hydrogen (secondary N) is 1. The van der Waals surface area contributed by atoms with Gasteiger partial charge in [-0.25, -0.2) is 4.79 Å². The highest BCUT2D eigenvalue weighted by Crippen LogP contribution is 2.41. The summed E-state index contributed by atoms with van der Waals surface area (Å²) in [7, 11) is 3.22. The van der Waals surface area contributed by atoms with Gasteiger partial charge in [0, 0.05) is 37.8 Å². The highest BCUT2D eigenvalue weighted by atomic mass is 16.5. The molecule has 7 nitrogen and oxygen atoms in total. The van der Waals surface area contributed by atoms with E-state index in [0.717, 1.165) is 31.4 Å². The summed E-state index contributed by atoms with van der Waals surface area (Å²) in [5.74, 6) is 1.47. The number of piperidine rings is 1. The lowest BCUT2D eigenvalue weighted by Crippen LogP contribution is -2.51. The van der Waals surface area contributed by atoms with E-state index < -0.39 is 5.41 Å². The molecule has 2 fully saturated rings. The predicted molar refractivity (Wildman–Crippen MR) is 106 cm³/mol. The van der Waals surface area contributed by atoms with Crippen molar-refractivity contribution < 1.29 is 19.1 Å². The van der Waals surface area contributed by atoms with Gasteiger partial charge < -0.3 is 24.6 Å². The minimum Gasteiger partial charge on any atom is -0.493 e. The molecule has 0 saturated carbocycles. The van der Waals surface area contributed by atoms with Crippen molar-refractivity contribution in [1.82, 2.24) is 15.1 Å². The molecule has 1 aromatic carbocycles. The van der Waals surface area contributed by atoms with E-state index in [4.69, 9.17) is 9.47 Å². The maximum absolute atomic E-state index is 13.4. The topological polar surface area (TPSA) is 71.1 Å². The SMILES string of the molecule is COc1cccc(CN2CCC[C@]3(CCN(C(=O)NC(C)C)C3)C2=O)c1OC. The fraction of sp³-hybridized carbons (Fsp3) is 0.619. The number of amides is 3. The average molecular weight is 389 g/mol. The summed E-state index contributed by atoms with van der Waals surface area (Å²) in [4.78, 5) is 29.5. The second kappa shape index (κ2) is 8.29. The number of para-hydroxylation sites is 1. The number of carbonyl (C=O) groups is 2. The Labute approximate surface area is 167 Å². The first kappa shape index (κ1) is 20.3. The molecule has 28 heavy (non-hydrogen) atoms. The number of carbonyl (C=O) groups excluding carboxylic acids is 2. The van der Waals surface area contributed by atoms with Crippen LogP contribution in [0.25, 0.3) is 0 Å². The summed E-state index contributed by atoms with van der Waals surface area (Å²) in [6, 6.07) is 5.74. The molecule has 1 spiro atoms. The summed E-state index contributed by atoms with van der Waals surface area (Å²) in [6.07, 6.45) is 2.50. The molecule has 1 N–H and O–H groups in total. The van der Waals surface area contributed by atoms with Crippen molar-refractivity contribution in [3.05, 3.63) is 23.8 Å². The van der Waals surface area contributed by atoms with Crippen LogP contribution in [-0.4, -0.2) is 61.6 Å². The van der Waals surface area contributed by atoms with Crippen LogP contribution in [0, 0.1) is 5.41 Å². The summed E-state index contributed by atoms with van der Waals surface area (Å²) < 4.78 is 10.9. The van der Waals surface area contributed by atoms with E-state index in [9.17, 15) is 9.59 Å². The van der Waals surface area contributed by atoms with Crippen LogP contribution in [0.15, 0.2) is 18.2 Å². The zero-order valence-electron chi connectivity index (χ0n) is 17.3. The molecule has 7 heteroatoms. The van der Waals surface area contributed by atoms with Crippen LogP contribution in [-0.2, 0) is 11.3 Å².